The molecule has 7 heteroatoms. The zero-order valence-corrected chi connectivity index (χ0v) is 11.3. The number of rotatable bonds is 5. The molecule has 0 aliphatic carbocycles. The van der Waals surface area contributed by atoms with Crippen molar-refractivity contribution in [1.82, 2.24) is 20.2 Å². The molecule has 5 nitrogen and oxygen atoms in total. The van der Waals surface area contributed by atoms with Crippen molar-refractivity contribution in [1.29, 1.82) is 0 Å². The van der Waals surface area contributed by atoms with Crippen molar-refractivity contribution in [2.24, 2.45) is 0 Å². The predicted molar refractivity (Wildman–Crippen MR) is 71.6 cm³/mol. The largest absolute Gasteiger partial charge is 0.467 e. The molecule has 1 aromatic carbocycles. The molecular weight excluding hydrogens is 279 g/mol. The molecule has 3 rings (SSSR count). The molecule has 0 aliphatic heterocycles. The normalized spacial score (nSPS) is 10.8. The van der Waals surface area contributed by atoms with E-state index in [-0.39, 0.29) is 5.82 Å². The molecule has 0 radical (unpaired) electrons. The lowest BCUT2D eigenvalue weighted by Gasteiger charge is -2.03. The van der Waals surface area contributed by atoms with E-state index in [9.17, 15) is 4.39 Å². The monoisotopic (exact) mass is 290 g/mol. The highest BCUT2D eigenvalue weighted by atomic mass is 32.2. The quantitative estimate of drug-likeness (QED) is 0.676. The molecule has 0 bridgehead atoms. The molecular formula is C13H11FN4OS. The van der Waals surface area contributed by atoms with Crippen LogP contribution in [0.25, 0.3) is 0 Å². The van der Waals surface area contributed by atoms with Crippen LogP contribution >= 0.6 is 11.8 Å². The lowest BCUT2D eigenvalue weighted by molar-refractivity contribution is 0.462. The molecule has 0 amide bonds. The number of hydrogen-bond acceptors (Lipinski definition) is 5. The summed E-state index contributed by atoms with van der Waals surface area (Å²) in [4.78, 5) is 0. The first kappa shape index (κ1) is 12.9. The highest BCUT2D eigenvalue weighted by Gasteiger charge is 2.09. The molecule has 0 saturated heterocycles. The number of furan rings is 1. The van der Waals surface area contributed by atoms with Crippen molar-refractivity contribution in [3.8, 4) is 0 Å². The van der Waals surface area contributed by atoms with Gasteiger partial charge in [-0.3, -0.25) is 0 Å². The smallest absolute Gasteiger partial charge is 0.210 e. The highest BCUT2D eigenvalue weighted by molar-refractivity contribution is 7.98. The Balaban J connectivity index is 1.67. The van der Waals surface area contributed by atoms with Crippen LogP contribution < -0.4 is 0 Å². The van der Waals surface area contributed by atoms with Gasteiger partial charge in [0.2, 0.25) is 5.16 Å². The maximum absolute atomic E-state index is 13.1. The first-order valence-corrected chi connectivity index (χ1v) is 6.95. The average Bonchev–Trinajstić information content (AvgIpc) is 3.09. The van der Waals surface area contributed by atoms with Gasteiger partial charge < -0.3 is 4.42 Å². The Hall–Kier alpha value is -2.15. The molecule has 0 unspecified atom stereocenters. The molecule has 3 aromatic rings. The summed E-state index contributed by atoms with van der Waals surface area (Å²) < 4.78 is 20.0. The maximum Gasteiger partial charge on any atom is 0.210 e. The fourth-order valence-corrected chi connectivity index (χ4v) is 2.54. The van der Waals surface area contributed by atoms with Crippen LogP contribution in [0.4, 0.5) is 4.39 Å². The molecule has 2 heterocycles. The van der Waals surface area contributed by atoms with E-state index in [0.717, 1.165) is 11.3 Å². The topological polar surface area (TPSA) is 56.7 Å². The van der Waals surface area contributed by atoms with Gasteiger partial charge >= 0.3 is 0 Å². The minimum atomic E-state index is -0.238. The van der Waals surface area contributed by atoms with Gasteiger partial charge in [0.25, 0.3) is 0 Å². The van der Waals surface area contributed by atoms with Gasteiger partial charge in [-0.15, -0.1) is 5.10 Å². The fraction of sp³-hybridized carbons (Fsp3) is 0.154. The van der Waals surface area contributed by atoms with Gasteiger partial charge in [-0.1, -0.05) is 23.9 Å². The van der Waals surface area contributed by atoms with E-state index in [1.807, 2.05) is 18.2 Å². The van der Waals surface area contributed by atoms with Gasteiger partial charge in [-0.2, -0.15) is 0 Å². The number of benzene rings is 1. The van der Waals surface area contributed by atoms with Crippen molar-refractivity contribution >= 4 is 11.8 Å². The number of halogens is 1. The second-order valence-electron chi connectivity index (χ2n) is 4.12. The van der Waals surface area contributed by atoms with Gasteiger partial charge in [0.05, 0.1) is 6.26 Å². The number of hydrogen-bond donors (Lipinski definition) is 0. The molecule has 0 saturated carbocycles. The minimum Gasteiger partial charge on any atom is -0.467 e. The van der Waals surface area contributed by atoms with Crippen LogP contribution in [0.2, 0.25) is 0 Å². The molecule has 0 atom stereocenters. The van der Waals surface area contributed by atoms with Crippen LogP contribution in [0.15, 0.2) is 52.2 Å². The Labute approximate surface area is 118 Å². The van der Waals surface area contributed by atoms with E-state index < -0.39 is 0 Å². The number of aromatic nitrogens is 4. The summed E-state index contributed by atoms with van der Waals surface area (Å²) in [6.45, 7) is 0.478. The summed E-state index contributed by atoms with van der Waals surface area (Å²) in [5, 5.41) is 12.2. The SMILES string of the molecule is Fc1cccc(CSc2nnnn2Cc2ccco2)c1. The summed E-state index contributed by atoms with van der Waals surface area (Å²) in [5.41, 5.74) is 0.891. The van der Waals surface area contributed by atoms with Crippen molar-refractivity contribution < 1.29 is 8.81 Å². The Morgan fingerprint density at radius 2 is 2.20 bits per heavy atom. The van der Waals surface area contributed by atoms with E-state index in [1.165, 1.54) is 23.9 Å². The van der Waals surface area contributed by atoms with Gasteiger partial charge in [-0.05, 0) is 40.3 Å². The molecule has 102 valence electrons. The highest BCUT2D eigenvalue weighted by Crippen LogP contribution is 2.21. The minimum absolute atomic E-state index is 0.238. The van der Waals surface area contributed by atoms with Crippen molar-refractivity contribution in [2.75, 3.05) is 0 Å². The zero-order chi connectivity index (χ0) is 13.8. The van der Waals surface area contributed by atoms with Crippen molar-refractivity contribution in [3.63, 3.8) is 0 Å². The van der Waals surface area contributed by atoms with E-state index in [2.05, 4.69) is 15.5 Å². The number of tetrazole rings is 1. The zero-order valence-electron chi connectivity index (χ0n) is 10.4. The maximum atomic E-state index is 13.1. The van der Waals surface area contributed by atoms with E-state index in [4.69, 9.17) is 4.42 Å². The Morgan fingerprint density at radius 1 is 1.25 bits per heavy atom. The third-order valence-corrected chi connectivity index (χ3v) is 3.67. The van der Waals surface area contributed by atoms with E-state index in [0.29, 0.717) is 17.5 Å². The number of thioether (sulfide) groups is 1. The molecule has 2 aromatic heterocycles. The summed E-state index contributed by atoms with van der Waals surface area (Å²) in [6, 6.07) is 10.2. The van der Waals surface area contributed by atoms with E-state index >= 15 is 0 Å². The predicted octanol–water partition coefficient (Wildman–Crippen LogP) is 2.75. The van der Waals surface area contributed by atoms with Crippen LogP contribution in [0.3, 0.4) is 0 Å². The lowest BCUT2D eigenvalue weighted by atomic mass is 10.2. The molecule has 0 spiro atoms. The third-order valence-electron chi connectivity index (χ3n) is 2.64. The number of nitrogens with zero attached hydrogens (tertiary/aromatic N) is 4. The first-order valence-electron chi connectivity index (χ1n) is 5.97. The van der Waals surface area contributed by atoms with Gasteiger partial charge in [-0.25, -0.2) is 9.07 Å². The van der Waals surface area contributed by atoms with Crippen LogP contribution in [0.5, 0.6) is 0 Å². The Bertz CT molecular complexity index is 683. The van der Waals surface area contributed by atoms with E-state index in [1.54, 1.807) is 17.0 Å². The Kier molecular flexibility index (Phi) is 3.78. The van der Waals surface area contributed by atoms with Gasteiger partial charge in [0.1, 0.15) is 18.1 Å². The van der Waals surface area contributed by atoms with Crippen molar-refractivity contribution in [3.05, 3.63) is 59.8 Å². The van der Waals surface area contributed by atoms with Crippen LogP contribution in [0, 0.1) is 5.82 Å². The lowest BCUT2D eigenvalue weighted by Crippen LogP contribution is -2.03. The van der Waals surface area contributed by atoms with Gasteiger partial charge in [0.15, 0.2) is 0 Å². The van der Waals surface area contributed by atoms with Crippen LogP contribution in [-0.4, -0.2) is 20.2 Å². The summed E-state index contributed by atoms with van der Waals surface area (Å²) in [6.07, 6.45) is 1.61. The van der Waals surface area contributed by atoms with Gasteiger partial charge in [0, 0.05) is 5.75 Å². The first-order chi connectivity index (χ1) is 9.81. The standard InChI is InChI=1S/C13H11FN4OS/c14-11-4-1-3-10(7-11)9-20-13-15-16-17-18(13)8-12-5-2-6-19-12/h1-7H,8-9H2. The second kappa shape index (κ2) is 5.87. The fourth-order valence-electron chi connectivity index (χ4n) is 1.72. The summed E-state index contributed by atoms with van der Waals surface area (Å²) in [7, 11) is 0. The summed E-state index contributed by atoms with van der Waals surface area (Å²) in [5.74, 6) is 1.15. The molecule has 20 heavy (non-hydrogen) atoms. The Morgan fingerprint density at radius 3 is 3.00 bits per heavy atom. The molecule has 0 N–H and O–H groups in total. The van der Waals surface area contributed by atoms with Crippen molar-refractivity contribution in [2.45, 2.75) is 17.5 Å². The van der Waals surface area contributed by atoms with Crippen LogP contribution in [0.1, 0.15) is 11.3 Å². The molecule has 0 fully saturated rings. The summed E-state index contributed by atoms with van der Waals surface area (Å²) >= 11 is 1.46. The third kappa shape index (κ3) is 3.05. The van der Waals surface area contributed by atoms with Crippen LogP contribution in [-0.2, 0) is 12.3 Å². The average molecular weight is 290 g/mol. The molecule has 0 aliphatic rings. The second-order valence-corrected chi connectivity index (χ2v) is 5.06.